The van der Waals surface area contributed by atoms with Gasteiger partial charge in [0.2, 0.25) is 0 Å². The monoisotopic (exact) mass is 426 g/mol. The van der Waals surface area contributed by atoms with E-state index in [2.05, 4.69) is 6.58 Å². The third kappa shape index (κ3) is 4.33. The first-order valence-electron chi connectivity index (χ1n) is 10.4. The minimum Gasteiger partial charge on any atom is -0.498 e. The van der Waals surface area contributed by atoms with E-state index in [1.54, 1.807) is 30.3 Å². The van der Waals surface area contributed by atoms with Crippen LogP contribution in [0, 0.1) is 11.7 Å². The fourth-order valence-electron chi connectivity index (χ4n) is 4.12. The first-order chi connectivity index (χ1) is 15.0. The number of hydrogen-bond donors (Lipinski definition) is 0. The molecule has 5 heteroatoms. The van der Waals surface area contributed by atoms with Gasteiger partial charge in [0, 0.05) is 11.5 Å². The standard InChI is InChI=1S/C26H25F3O2/c1-3-16-4-12-23(31-15-16)21-10-9-19(14-22(21)27)17-5-7-18(8-6-17)20-11-13-24(30-2)26(29)25(20)28/h3,5-11,13-14,16,23,25-26H,1,4,12,15H2,2H3. The number of methoxy groups -OCH3 is 1. The Balaban J connectivity index is 1.52. The molecule has 1 fully saturated rings. The van der Waals surface area contributed by atoms with Gasteiger partial charge in [0.05, 0.1) is 19.8 Å². The van der Waals surface area contributed by atoms with Crippen LogP contribution in [0.15, 0.2) is 73.0 Å². The number of halogens is 3. The number of alkyl halides is 2. The van der Waals surface area contributed by atoms with Gasteiger partial charge in [0.1, 0.15) is 11.6 Å². The van der Waals surface area contributed by atoms with Crippen LogP contribution < -0.4 is 0 Å². The van der Waals surface area contributed by atoms with Crippen LogP contribution in [-0.2, 0) is 9.47 Å². The van der Waals surface area contributed by atoms with E-state index in [0.29, 0.717) is 29.2 Å². The molecule has 0 radical (unpaired) electrons. The van der Waals surface area contributed by atoms with E-state index in [1.807, 2.05) is 12.1 Å². The molecule has 2 aliphatic rings. The van der Waals surface area contributed by atoms with E-state index >= 15 is 0 Å². The lowest BCUT2D eigenvalue weighted by atomic mass is 9.91. The average Bonchev–Trinajstić information content (AvgIpc) is 2.81. The molecule has 1 aliphatic carbocycles. The maximum Gasteiger partial charge on any atom is 0.192 e. The molecule has 2 aromatic carbocycles. The predicted octanol–water partition coefficient (Wildman–Crippen LogP) is 6.75. The molecular formula is C26H25F3O2. The van der Waals surface area contributed by atoms with Crippen LogP contribution in [0.25, 0.3) is 16.7 Å². The third-order valence-electron chi connectivity index (χ3n) is 6.03. The quantitative estimate of drug-likeness (QED) is 0.493. The topological polar surface area (TPSA) is 18.5 Å². The van der Waals surface area contributed by atoms with E-state index in [-0.39, 0.29) is 23.3 Å². The smallest absolute Gasteiger partial charge is 0.192 e. The summed E-state index contributed by atoms with van der Waals surface area (Å²) in [6.07, 6.45) is 2.69. The molecule has 0 amide bonds. The second-order valence-electron chi connectivity index (χ2n) is 7.91. The average molecular weight is 426 g/mol. The van der Waals surface area contributed by atoms with Gasteiger partial charge in [-0.1, -0.05) is 48.6 Å². The lowest BCUT2D eigenvalue weighted by Crippen LogP contribution is -2.24. The second kappa shape index (κ2) is 9.15. The molecule has 0 saturated carbocycles. The highest BCUT2D eigenvalue weighted by Crippen LogP contribution is 2.35. The van der Waals surface area contributed by atoms with Gasteiger partial charge in [0.25, 0.3) is 0 Å². The summed E-state index contributed by atoms with van der Waals surface area (Å²) in [6.45, 7) is 4.35. The summed E-state index contributed by atoms with van der Waals surface area (Å²) in [5, 5.41) is 0. The van der Waals surface area contributed by atoms with Gasteiger partial charge in [-0.15, -0.1) is 6.58 Å². The maximum absolute atomic E-state index is 14.8. The molecule has 0 N–H and O–H groups in total. The van der Waals surface area contributed by atoms with E-state index < -0.39 is 12.3 Å². The Hall–Kier alpha value is -2.79. The SMILES string of the molecule is C=CC1CCC(c2ccc(-c3ccc(C4=CC=C(OC)C(F)C4F)cc3)cc2F)OC1. The Morgan fingerprint density at radius 2 is 1.68 bits per heavy atom. The molecule has 1 saturated heterocycles. The van der Waals surface area contributed by atoms with Crippen LogP contribution in [0.2, 0.25) is 0 Å². The molecule has 2 nitrogen and oxygen atoms in total. The van der Waals surface area contributed by atoms with Crippen molar-refractivity contribution in [3.8, 4) is 11.1 Å². The summed E-state index contributed by atoms with van der Waals surface area (Å²) in [5.41, 5.74) is 2.91. The second-order valence-corrected chi connectivity index (χ2v) is 7.91. The summed E-state index contributed by atoms with van der Waals surface area (Å²) < 4.78 is 54.1. The van der Waals surface area contributed by atoms with Gasteiger partial charge < -0.3 is 9.47 Å². The highest BCUT2D eigenvalue weighted by molar-refractivity contribution is 5.75. The van der Waals surface area contributed by atoms with E-state index in [4.69, 9.17) is 9.47 Å². The molecular weight excluding hydrogens is 401 g/mol. The normalized spacial score (nSPS) is 26.1. The number of rotatable bonds is 5. The van der Waals surface area contributed by atoms with Crippen molar-refractivity contribution in [2.24, 2.45) is 5.92 Å². The summed E-state index contributed by atoms with van der Waals surface area (Å²) in [7, 11) is 1.32. The van der Waals surface area contributed by atoms with Gasteiger partial charge in [-0.25, -0.2) is 13.2 Å². The molecule has 0 aromatic heterocycles. The van der Waals surface area contributed by atoms with E-state index in [0.717, 1.165) is 18.4 Å². The first-order valence-corrected chi connectivity index (χ1v) is 10.4. The van der Waals surface area contributed by atoms with Crippen molar-refractivity contribution in [1.82, 2.24) is 0 Å². The Labute approximate surface area is 180 Å². The van der Waals surface area contributed by atoms with Crippen LogP contribution in [0.3, 0.4) is 0 Å². The molecule has 0 bridgehead atoms. The lowest BCUT2D eigenvalue weighted by Gasteiger charge is -2.28. The highest BCUT2D eigenvalue weighted by atomic mass is 19.2. The number of ether oxygens (including phenoxy) is 2. The zero-order valence-electron chi connectivity index (χ0n) is 17.4. The molecule has 1 heterocycles. The zero-order chi connectivity index (χ0) is 22.0. The number of hydrogen-bond acceptors (Lipinski definition) is 2. The summed E-state index contributed by atoms with van der Waals surface area (Å²) >= 11 is 0. The maximum atomic E-state index is 14.8. The van der Waals surface area contributed by atoms with Gasteiger partial charge in [-0.2, -0.15) is 0 Å². The Kier molecular flexibility index (Phi) is 6.33. The first kappa shape index (κ1) is 21.4. The van der Waals surface area contributed by atoms with Crippen LogP contribution in [0.1, 0.15) is 30.1 Å². The lowest BCUT2D eigenvalue weighted by molar-refractivity contribution is -0.00700. The van der Waals surface area contributed by atoms with Crippen molar-refractivity contribution in [2.75, 3.05) is 13.7 Å². The summed E-state index contributed by atoms with van der Waals surface area (Å²) in [6, 6.07) is 12.1. The molecule has 0 spiro atoms. The summed E-state index contributed by atoms with van der Waals surface area (Å²) in [5.74, 6) is -0.00473. The Bertz CT molecular complexity index is 1000. The van der Waals surface area contributed by atoms with Crippen molar-refractivity contribution >= 4 is 5.57 Å². The number of allylic oxidation sites excluding steroid dienone is 4. The van der Waals surface area contributed by atoms with Gasteiger partial charge >= 0.3 is 0 Å². The zero-order valence-corrected chi connectivity index (χ0v) is 17.4. The molecule has 1 aliphatic heterocycles. The molecule has 162 valence electrons. The Morgan fingerprint density at radius 1 is 0.968 bits per heavy atom. The molecule has 31 heavy (non-hydrogen) atoms. The highest BCUT2D eigenvalue weighted by Gasteiger charge is 2.32. The predicted molar refractivity (Wildman–Crippen MR) is 116 cm³/mol. The number of benzene rings is 2. The van der Waals surface area contributed by atoms with Crippen molar-refractivity contribution < 1.29 is 22.6 Å². The van der Waals surface area contributed by atoms with Crippen molar-refractivity contribution in [3.05, 3.63) is 90.0 Å². The van der Waals surface area contributed by atoms with Crippen LogP contribution >= 0.6 is 0 Å². The molecule has 4 unspecified atom stereocenters. The third-order valence-corrected chi connectivity index (χ3v) is 6.03. The van der Waals surface area contributed by atoms with Crippen molar-refractivity contribution in [2.45, 2.75) is 31.3 Å². The molecule has 4 rings (SSSR count). The van der Waals surface area contributed by atoms with Crippen LogP contribution in [-0.4, -0.2) is 26.1 Å². The summed E-state index contributed by atoms with van der Waals surface area (Å²) in [4.78, 5) is 0. The molecule has 2 aromatic rings. The van der Waals surface area contributed by atoms with Gasteiger partial charge in [-0.05, 0) is 47.2 Å². The Morgan fingerprint density at radius 3 is 2.29 bits per heavy atom. The largest absolute Gasteiger partial charge is 0.498 e. The van der Waals surface area contributed by atoms with Crippen molar-refractivity contribution in [3.63, 3.8) is 0 Å². The van der Waals surface area contributed by atoms with Crippen molar-refractivity contribution in [1.29, 1.82) is 0 Å². The van der Waals surface area contributed by atoms with Gasteiger partial charge in [-0.3, -0.25) is 0 Å². The van der Waals surface area contributed by atoms with E-state index in [1.165, 1.54) is 25.3 Å². The van der Waals surface area contributed by atoms with Crippen LogP contribution in [0.5, 0.6) is 0 Å². The van der Waals surface area contributed by atoms with E-state index in [9.17, 15) is 13.2 Å². The fourth-order valence-corrected chi connectivity index (χ4v) is 4.12. The van der Waals surface area contributed by atoms with Crippen LogP contribution in [0.4, 0.5) is 13.2 Å². The minimum atomic E-state index is -1.82. The minimum absolute atomic E-state index is 0.0228. The van der Waals surface area contributed by atoms with Gasteiger partial charge in [0.15, 0.2) is 12.3 Å². The molecule has 4 atom stereocenters. The fraction of sp³-hybridized carbons (Fsp3) is 0.308.